The fourth-order valence-electron chi connectivity index (χ4n) is 2.28. The normalized spacial score (nSPS) is 16.1. The van der Waals surface area contributed by atoms with E-state index in [1.807, 2.05) is 6.26 Å². The first kappa shape index (κ1) is 14.0. The first-order valence-electron chi connectivity index (χ1n) is 6.45. The second-order valence-corrected chi connectivity index (χ2v) is 5.23. The number of nitro groups is 1. The van der Waals surface area contributed by atoms with Crippen molar-refractivity contribution in [3.05, 3.63) is 28.3 Å². The predicted octanol–water partition coefficient (Wildman–Crippen LogP) is 4.00. The summed E-state index contributed by atoms with van der Waals surface area (Å²) < 4.78 is 9.05. The van der Waals surface area contributed by atoms with Crippen LogP contribution in [-0.4, -0.2) is 17.3 Å². The van der Waals surface area contributed by atoms with Gasteiger partial charge < -0.3 is 9.46 Å². The van der Waals surface area contributed by atoms with Gasteiger partial charge in [-0.05, 0) is 31.7 Å². The van der Waals surface area contributed by atoms with Crippen LogP contribution in [-0.2, 0) is 0 Å². The van der Waals surface area contributed by atoms with Gasteiger partial charge in [-0.2, -0.15) is 0 Å². The van der Waals surface area contributed by atoms with Crippen molar-refractivity contribution in [1.82, 2.24) is 0 Å². The van der Waals surface area contributed by atoms with E-state index in [4.69, 9.17) is 4.74 Å². The molecule has 0 heterocycles. The Labute approximate surface area is 117 Å². The van der Waals surface area contributed by atoms with Crippen molar-refractivity contribution in [2.24, 2.45) is 0 Å². The van der Waals surface area contributed by atoms with Gasteiger partial charge in [0.15, 0.2) is 5.75 Å². The van der Waals surface area contributed by atoms with E-state index in [1.54, 1.807) is 6.07 Å². The Morgan fingerprint density at radius 1 is 1.37 bits per heavy atom. The maximum absolute atomic E-state index is 10.8. The van der Waals surface area contributed by atoms with Crippen LogP contribution in [0.1, 0.15) is 32.1 Å². The SMILES string of the molecule is CSNc1ccc([N+](=O)[O-])cc1OC1CCCCC1. The quantitative estimate of drug-likeness (QED) is 0.502. The summed E-state index contributed by atoms with van der Waals surface area (Å²) in [7, 11) is 0. The van der Waals surface area contributed by atoms with Crippen molar-refractivity contribution in [2.45, 2.75) is 38.2 Å². The van der Waals surface area contributed by atoms with Crippen LogP contribution in [0.25, 0.3) is 0 Å². The lowest BCUT2D eigenvalue weighted by Crippen LogP contribution is -2.20. The van der Waals surface area contributed by atoms with E-state index >= 15 is 0 Å². The second-order valence-electron chi connectivity index (χ2n) is 4.62. The third-order valence-electron chi connectivity index (χ3n) is 3.23. The number of nitro benzene ring substituents is 1. The van der Waals surface area contributed by atoms with Gasteiger partial charge in [-0.1, -0.05) is 18.4 Å². The number of non-ortho nitro benzene ring substituents is 1. The minimum atomic E-state index is -0.392. The molecule has 0 amide bonds. The molecule has 1 fully saturated rings. The lowest BCUT2D eigenvalue weighted by Gasteiger charge is -2.24. The maximum Gasteiger partial charge on any atom is 0.273 e. The number of nitrogens with zero attached hydrogens (tertiary/aromatic N) is 1. The summed E-state index contributed by atoms with van der Waals surface area (Å²) in [5, 5.41) is 10.8. The topological polar surface area (TPSA) is 64.4 Å². The Morgan fingerprint density at radius 2 is 2.11 bits per heavy atom. The van der Waals surface area contributed by atoms with Crippen molar-refractivity contribution in [3.8, 4) is 5.75 Å². The number of rotatable bonds is 5. The molecule has 2 rings (SSSR count). The predicted molar refractivity (Wildman–Crippen MR) is 77.7 cm³/mol. The lowest BCUT2D eigenvalue weighted by molar-refractivity contribution is -0.384. The van der Waals surface area contributed by atoms with Gasteiger partial charge in [-0.15, -0.1) is 0 Å². The molecule has 19 heavy (non-hydrogen) atoms. The molecule has 0 spiro atoms. The Bertz CT molecular complexity index is 448. The second kappa shape index (κ2) is 6.65. The Hall–Kier alpha value is -1.43. The maximum atomic E-state index is 10.8. The monoisotopic (exact) mass is 282 g/mol. The molecule has 0 atom stereocenters. The molecule has 0 bridgehead atoms. The molecule has 1 aliphatic rings. The molecular formula is C13H18N2O3S. The van der Waals surface area contributed by atoms with Crippen molar-refractivity contribution >= 4 is 23.3 Å². The van der Waals surface area contributed by atoms with Crippen LogP contribution in [0.2, 0.25) is 0 Å². The number of anilines is 1. The Morgan fingerprint density at radius 3 is 2.74 bits per heavy atom. The van der Waals surface area contributed by atoms with Gasteiger partial charge in [0.2, 0.25) is 0 Å². The van der Waals surface area contributed by atoms with Crippen LogP contribution in [0.3, 0.4) is 0 Å². The van der Waals surface area contributed by atoms with E-state index in [0.29, 0.717) is 5.75 Å². The third-order valence-corrected chi connectivity index (χ3v) is 3.66. The van der Waals surface area contributed by atoms with E-state index < -0.39 is 4.92 Å². The minimum absolute atomic E-state index is 0.0671. The summed E-state index contributed by atoms with van der Waals surface area (Å²) in [5.74, 6) is 0.579. The highest BCUT2D eigenvalue weighted by atomic mass is 32.2. The van der Waals surface area contributed by atoms with Gasteiger partial charge in [0.05, 0.1) is 22.8 Å². The molecule has 104 valence electrons. The number of hydrogen-bond donors (Lipinski definition) is 1. The summed E-state index contributed by atoms with van der Waals surface area (Å²) in [6, 6.07) is 4.70. The number of hydrogen-bond acceptors (Lipinski definition) is 5. The van der Waals surface area contributed by atoms with Crippen molar-refractivity contribution in [1.29, 1.82) is 0 Å². The average molecular weight is 282 g/mol. The van der Waals surface area contributed by atoms with E-state index in [2.05, 4.69) is 4.72 Å². The van der Waals surface area contributed by atoms with Gasteiger partial charge in [0.25, 0.3) is 5.69 Å². The summed E-state index contributed by atoms with van der Waals surface area (Å²) >= 11 is 1.45. The zero-order valence-corrected chi connectivity index (χ0v) is 11.7. The molecule has 1 saturated carbocycles. The van der Waals surface area contributed by atoms with Crippen LogP contribution in [0.4, 0.5) is 11.4 Å². The van der Waals surface area contributed by atoms with E-state index in [0.717, 1.165) is 18.5 Å². The van der Waals surface area contributed by atoms with Crippen LogP contribution < -0.4 is 9.46 Å². The highest BCUT2D eigenvalue weighted by Gasteiger charge is 2.18. The Kier molecular flexibility index (Phi) is 4.90. The number of ether oxygens (including phenoxy) is 1. The molecule has 1 aromatic rings. The summed E-state index contributed by atoms with van der Waals surface area (Å²) in [4.78, 5) is 10.4. The van der Waals surface area contributed by atoms with E-state index in [9.17, 15) is 10.1 Å². The molecule has 6 heteroatoms. The standard InChI is InChI=1S/C13H18N2O3S/c1-19-14-12-8-7-10(15(16)17)9-13(12)18-11-5-3-2-4-6-11/h7-9,11,14H,2-6H2,1H3. The summed E-state index contributed by atoms with van der Waals surface area (Å²) in [6.45, 7) is 0. The summed E-state index contributed by atoms with van der Waals surface area (Å²) in [5.41, 5.74) is 0.862. The summed E-state index contributed by atoms with van der Waals surface area (Å²) in [6.07, 6.45) is 7.74. The largest absolute Gasteiger partial charge is 0.488 e. The molecule has 1 aromatic carbocycles. The molecule has 5 nitrogen and oxygen atoms in total. The molecule has 0 aromatic heterocycles. The van der Waals surface area contributed by atoms with Gasteiger partial charge in [-0.25, -0.2) is 0 Å². The van der Waals surface area contributed by atoms with E-state index in [1.165, 1.54) is 43.3 Å². The van der Waals surface area contributed by atoms with Crippen LogP contribution in [0, 0.1) is 10.1 Å². The molecule has 0 aliphatic heterocycles. The lowest BCUT2D eigenvalue weighted by atomic mass is 9.98. The van der Waals surface area contributed by atoms with Crippen molar-refractivity contribution in [2.75, 3.05) is 11.0 Å². The van der Waals surface area contributed by atoms with Gasteiger partial charge in [0, 0.05) is 12.3 Å². The fourth-order valence-corrected chi connectivity index (χ4v) is 2.67. The average Bonchev–Trinajstić information content (AvgIpc) is 2.42. The smallest absolute Gasteiger partial charge is 0.273 e. The first-order chi connectivity index (χ1) is 9.20. The molecule has 1 aliphatic carbocycles. The van der Waals surface area contributed by atoms with Crippen LogP contribution in [0.15, 0.2) is 18.2 Å². The fraction of sp³-hybridized carbons (Fsp3) is 0.538. The molecule has 0 unspecified atom stereocenters. The number of nitrogens with one attached hydrogen (secondary N) is 1. The third kappa shape index (κ3) is 3.76. The van der Waals surface area contributed by atoms with Crippen LogP contribution >= 0.6 is 11.9 Å². The number of benzene rings is 1. The minimum Gasteiger partial charge on any atom is -0.488 e. The molecule has 0 saturated heterocycles. The zero-order chi connectivity index (χ0) is 13.7. The highest BCUT2D eigenvalue weighted by Crippen LogP contribution is 2.33. The molecule has 1 N–H and O–H groups in total. The van der Waals surface area contributed by atoms with Crippen LogP contribution in [0.5, 0.6) is 5.75 Å². The molecule has 0 radical (unpaired) electrons. The van der Waals surface area contributed by atoms with Gasteiger partial charge in [-0.3, -0.25) is 10.1 Å². The Balaban J connectivity index is 2.18. The van der Waals surface area contributed by atoms with Crippen molar-refractivity contribution in [3.63, 3.8) is 0 Å². The first-order valence-corrected chi connectivity index (χ1v) is 7.67. The molecular weight excluding hydrogens is 264 g/mol. The van der Waals surface area contributed by atoms with Crippen molar-refractivity contribution < 1.29 is 9.66 Å². The van der Waals surface area contributed by atoms with E-state index in [-0.39, 0.29) is 11.8 Å². The zero-order valence-electron chi connectivity index (χ0n) is 10.9. The van der Waals surface area contributed by atoms with Gasteiger partial charge >= 0.3 is 0 Å². The van der Waals surface area contributed by atoms with Gasteiger partial charge in [0.1, 0.15) is 0 Å². The highest BCUT2D eigenvalue weighted by molar-refractivity contribution is 7.99.